The topological polar surface area (TPSA) is 53.7 Å². The van der Waals surface area contributed by atoms with Gasteiger partial charge in [0.25, 0.3) is 0 Å². The second-order valence-corrected chi connectivity index (χ2v) is 5.34. The maximum Gasteiger partial charge on any atom is 0.309 e. The van der Waals surface area contributed by atoms with Gasteiger partial charge >= 0.3 is 5.97 Å². The summed E-state index contributed by atoms with van der Waals surface area (Å²) < 4.78 is 5.59. The van der Waals surface area contributed by atoms with E-state index >= 15 is 0 Å². The first-order chi connectivity index (χ1) is 9.61. The summed E-state index contributed by atoms with van der Waals surface area (Å²) >= 11 is 0. The molecule has 0 bridgehead atoms. The van der Waals surface area contributed by atoms with E-state index in [4.69, 9.17) is 9.52 Å². The molecule has 1 fully saturated rings. The van der Waals surface area contributed by atoms with Crippen LogP contribution in [0.4, 0.5) is 0 Å². The summed E-state index contributed by atoms with van der Waals surface area (Å²) in [4.78, 5) is 12.9. The molecule has 0 radical (unpaired) electrons. The molecule has 0 aliphatic carbocycles. The van der Waals surface area contributed by atoms with Crippen molar-refractivity contribution in [1.82, 2.24) is 4.90 Å². The molecule has 104 valence electrons. The molecule has 0 saturated carbocycles. The predicted octanol–water partition coefficient (Wildman–Crippen LogP) is 2.77. The fourth-order valence-electron chi connectivity index (χ4n) is 2.48. The number of benzene rings is 1. The van der Waals surface area contributed by atoms with E-state index in [9.17, 15) is 4.79 Å². The first-order valence-corrected chi connectivity index (χ1v) is 6.73. The highest BCUT2D eigenvalue weighted by molar-refractivity contribution is 5.71. The standard InChI is InChI=1S/C16H17NO3/c1-11-2-7-15(20-11)13-5-3-12(4-6-13)8-17-9-14(10-17)16(18)19/h2-7,14H,8-10H2,1H3,(H,18,19). The zero-order valence-electron chi connectivity index (χ0n) is 11.4. The van der Waals surface area contributed by atoms with Gasteiger partial charge in [-0.25, -0.2) is 0 Å². The van der Waals surface area contributed by atoms with Crippen molar-refractivity contribution in [1.29, 1.82) is 0 Å². The molecule has 2 heterocycles. The lowest BCUT2D eigenvalue weighted by Gasteiger charge is -2.36. The fraction of sp³-hybridized carbons (Fsp3) is 0.312. The van der Waals surface area contributed by atoms with Crippen molar-refractivity contribution in [3.8, 4) is 11.3 Å². The van der Waals surface area contributed by atoms with Crippen LogP contribution in [0.3, 0.4) is 0 Å². The van der Waals surface area contributed by atoms with Crippen LogP contribution in [-0.4, -0.2) is 29.1 Å². The highest BCUT2D eigenvalue weighted by atomic mass is 16.4. The van der Waals surface area contributed by atoms with Crippen molar-refractivity contribution in [2.75, 3.05) is 13.1 Å². The van der Waals surface area contributed by atoms with Gasteiger partial charge in [0.05, 0.1) is 5.92 Å². The summed E-state index contributed by atoms with van der Waals surface area (Å²) in [7, 11) is 0. The third-order valence-electron chi connectivity index (χ3n) is 3.69. The number of nitrogens with zero attached hydrogens (tertiary/aromatic N) is 1. The van der Waals surface area contributed by atoms with E-state index < -0.39 is 5.97 Å². The third-order valence-corrected chi connectivity index (χ3v) is 3.69. The molecule has 0 unspecified atom stereocenters. The second-order valence-electron chi connectivity index (χ2n) is 5.34. The van der Waals surface area contributed by atoms with Gasteiger partial charge in [0, 0.05) is 25.2 Å². The molecule has 1 N–H and O–H groups in total. The number of likely N-dealkylation sites (tertiary alicyclic amines) is 1. The van der Waals surface area contributed by atoms with Crippen molar-refractivity contribution >= 4 is 5.97 Å². The van der Waals surface area contributed by atoms with E-state index in [1.165, 1.54) is 5.56 Å². The first kappa shape index (κ1) is 12.9. The van der Waals surface area contributed by atoms with Crippen LogP contribution in [0.2, 0.25) is 0 Å². The zero-order chi connectivity index (χ0) is 14.1. The summed E-state index contributed by atoms with van der Waals surface area (Å²) in [5.41, 5.74) is 2.26. The van der Waals surface area contributed by atoms with Gasteiger partial charge in [-0.05, 0) is 24.6 Å². The van der Waals surface area contributed by atoms with E-state index in [2.05, 4.69) is 17.0 Å². The molecular weight excluding hydrogens is 254 g/mol. The normalized spacial score (nSPS) is 16.1. The van der Waals surface area contributed by atoms with Crippen molar-refractivity contribution < 1.29 is 14.3 Å². The Morgan fingerprint density at radius 3 is 2.50 bits per heavy atom. The fourth-order valence-corrected chi connectivity index (χ4v) is 2.48. The Labute approximate surface area is 117 Å². The summed E-state index contributed by atoms with van der Waals surface area (Å²) in [5.74, 6) is 0.901. The Morgan fingerprint density at radius 2 is 1.95 bits per heavy atom. The van der Waals surface area contributed by atoms with Crippen molar-refractivity contribution in [2.45, 2.75) is 13.5 Å². The highest BCUT2D eigenvalue weighted by Crippen LogP contribution is 2.24. The molecule has 3 rings (SSSR count). The Hall–Kier alpha value is -2.07. The zero-order valence-corrected chi connectivity index (χ0v) is 11.4. The molecule has 4 nitrogen and oxygen atoms in total. The maximum absolute atomic E-state index is 10.7. The maximum atomic E-state index is 10.7. The largest absolute Gasteiger partial charge is 0.481 e. The smallest absolute Gasteiger partial charge is 0.309 e. The minimum absolute atomic E-state index is 0.194. The van der Waals surface area contributed by atoms with Gasteiger partial charge < -0.3 is 9.52 Å². The number of carbonyl (C=O) groups is 1. The van der Waals surface area contributed by atoms with Crippen molar-refractivity contribution in [2.24, 2.45) is 5.92 Å². The molecule has 1 saturated heterocycles. The molecule has 0 atom stereocenters. The van der Waals surface area contributed by atoms with Gasteiger partial charge in [0.1, 0.15) is 11.5 Å². The first-order valence-electron chi connectivity index (χ1n) is 6.73. The third kappa shape index (κ3) is 2.60. The molecule has 20 heavy (non-hydrogen) atoms. The van der Waals surface area contributed by atoms with E-state index in [1.807, 2.05) is 31.2 Å². The molecule has 4 heteroatoms. The van der Waals surface area contributed by atoms with E-state index in [0.29, 0.717) is 13.1 Å². The molecule has 0 spiro atoms. The summed E-state index contributed by atoms with van der Waals surface area (Å²) in [6, 6.07) is 12.2. The lowest BCUT2D eigenvalue weighted by molar-refractivity contribution is -0.147. The van der Waals surface area contributed by atoms with Crippen LogP contribution in [0, 0.1) is 12.8 Å². The number of aliphatic carboxylic acids is 1. The molecule has 1 aliphatic rings. The predicted molar refractivity (Wildman–Crippen MR) is 75.3 cm³/mol. The van der Waals surface area contributed by atoms with Gasteiger partial charge in [0.15, 0.2) is 0 Å². The number of furan rings is 1. The lowest BCUT2D eigenvalue weighted by Crippen LogP contribution is -2.49. The van der Waals surface area contributed by atoms with Crippen LogP contribution >= 0.6 is 0 Å². The van der Waals surface area contributed by atoms with Gasteiger partial charge in [-0.3, -0.25) is 9.69 Å². The van der Waals surface area contributed by atoms with Gasteiger partial charge in [-0.15, -0.1) is 0 Å². The Morgan fingerprint density at radius 1 is 1.25 bits per heavy atom. The number of aryl methyl sites for hydroxylation is 1. The Balaban J connectivity index is 1.61. The van der Waals surface area contributed by atoms with Crippen LogP contribution in [-0.2, 0) is 11.3 Å². The van der Waals surface area contributed by atoms with Crippen molar-refractivity contribution in [3.63, 3.8) is 0 Å². The molecule has 1 aromatic heterocycles. The number of carboxylic acids is 1. The number of hydrogen-bond acceptors (Lipinski definition) is 3. The molecule has 1 aliphatic heterocycles. The lowest BCUT2D eigenvalue weighted by atomic mass is 9.99. The van der Waals surface area contributed by atoms with Crippen molar-refractivity contribution in [3.05, 3.63) is 47.7 Å². The summed E-state index contributed by atoms with van der Waals surface area (Å²) in [5, 5.41) is 8.84. The van der Waals surface area contributed by atoms with E-state index in [1.54, 1.807) is 0 Å². The van der Waals surface area contributed by atoms with Crippen LogP contribution in [0.5, 0.6) is 0 Å². The number of carboxylic acid groups (broad SMARTS) is 1. The monoisotopic (exact) mass is 271 g/mol. The molecular formula is C16H17NO3. The van der Waals surface area contributed by atoms with Gasteiger partial charge in [-0.2, -0.15) is 0 Å². The molecule has 0 amide bonds. The van der Waals surface area contributed by atoms with E-state index in [-0.39, 0.29) is 5.92 Å². The Bertz CT molecular complexity index is 609. The minimum atomic E-state index is -0.690. The molecule has 2 aromatic rings. The molecule has 1 aromatic carbocycles. The Kier molecular flexibility index (Phi) is 3.32. The quantitative estimate of drug-likeness (QED) is 0.929. The summed E-state index contributed by atoms with van der Waals surface area (Å²) in [6.45, 7) is 4.03. The number of hydrogen-bond donors (Lipinski definition) is 1. The highest BCUT2D eigenvalue weighted by Gasteiger charge is 2.32. The van der Waals surface area contributed by atoms with Crippen LogP contribution in [0.15, 0.2) is 40.8 Å². The average Bonchev–Trinajstić information content (AvgIpc) is 2.80. The summed E-state index contributed by atoms with van der Waals surface area (Å²) in [6.07, 6.45) is 0. The SMILES string of the molecule is Cc1ccc(-c2ccc(CN3CC(C(=O)O)C3)cc2)o1. The van der Waals surface area contributed by atoms with Gasteiger partial charge in [0.2, 0.25) is 0 Å². The average molecular weight is 271 g/mol. The van der Waals surface area contributed by atoms with Crippen LogP contribution in [0.1, 0.15) is 11.3 Å². The second kappa shape index (κ2) is 5.13. The van der Waals surface area contributed by atoms with Gasteiger partial charge in [-0.1, -0.05) is 24.3 Å². The van der Waals surface area contributed by atoms with Crippen LogP contribution < -0.4 is 0 Å². The number of rotatable bonds is 4. The van der Waals surface area contributed by atoms with Crippen LogP contribution in [0.25, 0.3) is 11.3 Å². The van der Waals surface area contributed by atoms with E-state index in [0.717, 1.165) is 23.6 Å². The minimum Gasteiger partial charge on any atom is -0.481 e.